The van der Waals surface area contributed by atoms with Gasteiger partial charge in [-0.1, -0.05) is 0 Å². The van der Waals surface area contributed by atoms with Gasteiger partial charge in [-0.3, -0.25) is 9.59 Å². The van der Waals surface area contributed by atoms with Crippen LogP contribution in [0.3, 0.4) is 0 Å². The van der Waals surface area contributed by atoms with Gasteiger partial charge in [0.25, 0.3) is 11.8 Å². The summed E-state index contributed by atoms with van der Waals surface area (Å²) in [5.74, 6) is -0.0250. The number of benzene rings is 2. The van der Waals surface area contributed by atoms with E-state index in [1.54, 1.807) is 41.0 Å². The second kappa shape index (κ2) is 9.05. The quantitative estimate of drug-likeness (QED) is 0.573. The van der Waals surface area contributed by atoms with Crippen LogP contribution in [0.4, 0.5) is 11.4 Å². The van der Waals surface area contributed by atoms with E-state index in [4.69, 9.17) is 15.2 Å². The summed E-state index contributed by atoms with van der Waals surface area (Å²) in [5.41, 5.74) is 10.1. The average Bonchev–Trinajstić information content (AvgIpc) is 3.26. The lowest BCUT2D eigenvalue weighted by Gasteiger charge is -2.35. The highest BCUT2D eigenvalue weighted by Crippen LogP contribution is 2.37. The maximum Gasteiger partial charge on any atom is 0.269 e. The Morgan fingerprint density at radius 2 is 1.91 bits per heavy atom. The average molecular weight is 478 g/mol. The maximum atomic E-state index is 12.3. The number of hydrogen-bond acceptors (Lipinski definition) is 7. The van der Waals surface area contributed by atoms with E-state index in [9.17, 15) is 14.7 Å². The zero-order valence-electron chi connectivity index (χ0n) is 19.6. The van der Waals surface area contributed by atoms with Gasteiger partial charge in [-0.25, -0.2) is 4.68 Å². The van der Waals surface area contributed by atoms with E-state index in [0.29, 0.717) is 48.8 Å². The third-order valence-corrected chi connectivity index (χ3v) is 6.50. The second-order valence-corrected chi connectivity index (χ2v) is 8.57. The Balaban J connectivity index is 1.51. The van der Waals surface area contributed by atoms with Crippen molar-refractivity contribution in [1.82, 2.24) is 9.78 Å². The normalized spacial score (nSPS) is 17.9. The molecule has 1 unspecified atom stereocenters. The molecule has 2 aromatic carbocycles. The number of carbonyl (C=O) groups is 2. The lowest BCUT2D eigenvalue weighted by molar-refractivity contribution is -0.125. The van der Waals surface area contributed by atoms with Crippen LogP contribution in [0.1, 0.15) is 33.5 Å². The maximum absolute atomic E-state index is 12.3. The van der Waals surface area contributed by atoms with Gasteiger partial charge < -0.3 is 30.1 Å². The van der Waals surface area contributed by atoms with Crippen LogP contribution in [0.2, 0.25) is 0 Å². The summed E-state index contributed by atoms with van der Waals surface area (Å²) in [7, 11) is 1.58. The molecule has 2 amide bonds. The first kappa shape index (κ1) is 22.9. The molecule has 10 heteroatoms. The van der Waals surface area contributed by atoms with E-state index in [2.05, 4.69) is 5.10 Å². The van der Waals surface area contributed by atoms with Crippen LogP contribution in [0.15, 0.2) is 42.5 Å². The predicted molar refractivity (Wildman–Crippen MR) is 129 cm³/mol. The molecule has 10 nitrogen and oxygen atoms in total. The first-order chi connectivity index (χ1) is 16.9. The number of rotatable bonds is 5. The lowest BCUT2D eigenvalue weighted by atomic mass is 10.0. The highest BCUT2D eigenvalue weighted by molar-refractivity contribution is 5.96. The van der Waals surface area contributed by atoms with Crippen molar-refractivity contribution in [3.63, 3.8) is 0 Å². The number of amides is 2. The van der Waals surface area contributed by atoms with Crippen LogP contribution >= 0.6 is 0 Å². The summed E-state index contributed by atoms with van der Waals surface area (Å²) in [6.07, 6.45) is -0.569. The van der Waals surface area contributed by atoms with Gasteiger partial charge >= 0.3 is 0 Å². The topological polar surface area (TPSA) is 123 Å². The molecule has 3 N–H and O–H groups in total. The number of nitrogens with zero attached hydrogens (tertiary/aromatic N) is 4. The van der Waals surface area contributed by atoms with Crippen molar-refractivity contribution in [2.24, 2.45) is 5.73 Å². The molecule has 3 aromatic rings. The van der Waals surface area contributed by atoms with E-state index < -0.39 is 12.1 Å². The molecule has 1 aromatic heterocycles. The minimum atomic E-state index is -1.06. The number of aromatic nitrogens is 2. The first-order valence-electron chi connectivity index (χ1n) is 11.4. The Labute approximate surface area is 202 Å². The van der Waals surface area contributed by atoms with Gasteiger partial charge in [0.15, 0.2) is 11.9 Å². The molecular weight excluding hydrogens is 450 g/mol. The summed E-state index contributed by atoms with van der Waals surface area (Å²) < 4.78 is 12.0. The molecule has 0 radical (unpaired) electrons. The largest absolute Gasteiger partial charge is 0.497 e. The van der Waals surface area contributed by atoms with Crippen molar-refractivity contribution >= 4 is 23.2 Å². The highest BCUT2D eigenvalue weighted by Gasteiger charge is 2.35. The summed E-state index contributed by atoms with van der Waals surface area (Å²) >= 11 is 0. The summed E-state index contributed by atoms with van der Waals surface area (Å²) in [6.45, 7) is 3.49. The molecule has 182 valence electrons. The van der Waals surface area contributed by atoms with E-state index >= 15 is 0 Å². The van der Waals surface area contributed by atoms with Crippen LogP contribution in [0.25, 0.3) is 5.69 Å². The van der Waals surface area contributed by atoms with Crippen LogP contribution in [0, 0.1) is 6.92 Å². The molecule has 5 rings (SSSR count). The Bertz CT molecular complexity index is 1290. The predicted octanol–water partition coefficient (Wildman–Crippen LogP) is 1.71. The van der Waals surface area contributed by atoms with Crippen molar-refractivity contribution in [2.75, 3.05) is 43.2 Å². The number of fused-ring (bicyclic) bond motifs is 1. The molecule has 3 heterocycles. The van der Waals surface area contributed by atoms with E-state index in [1.165, 1.54) is 0 Å². The monoisotopic (exact) mass is 477 g/mol. The van der Waals surface area contributed by atoms with Crippen LogP contribution in [-0.2, 0) is 16.0 Å². The van der Waals surface area contributed by atoms with Gasteiger partial charge in [0.2, 0.25) is 0 Å². The molecule has 2 aliphatic heterocycles. The molecular formula is C25H27N5O5. The molecule has 0 saturated carbocycles. The van der Waals surface area contributed by atoms with Crippen molar-refractivity contribution in [3.8, 4) is 11.4 Å². The van der Waals surface area contributed by atoms with Crippen LogP contribution < -0.4 is 20.3 Å². The van der Waals surface area contributed by atoms with Crippen LogP contribution in [0.5, 0.6) is 5.75 Å². The smallest absolute Gasteiger partial charge is 0.269 e. The number of anilines is 2. The van der Waals surface area contributed by atoms with Crippen molar-refractivity contribution in [1.29, 1.82) is 0 Å². The van der Waals surface area contributed by atoms with E-state index in [-0.39, 0.29) is 18.2 Å². The number of aryl methyl sites for hydroxylation is 1. The fourth-order valence-corrected chi connectivity index (χ4v) is 4.76. The fraction of sp³-hybridized carbons (Fsp3) is 0.320. The number of morpholine rings is 1. The van der Waals surface area contributed by atoms with Gasteiger partial charge in [0.1, 0.15) is 12.4 Å². The molecule has 1 saturated heterocycles. The Hall–Kier alpha value is -3.89. The van der Waals surface area contributed by atoms with Crippen molar-refractivity contribution in [2.45, 2.75) is 19.6 Å². The number of nitrogens with two attached hydrogens (primary N) is 1. The second-order valence-electron chi connectivity index (χ2n) is 8.57. The number of methoxy groups -OCH3 is 1. The lowest BCUT2D eigenvalue weighted by Crippen LogP contribution is -2.42. The van der Waals surface area contributed by atoms with E-state index in [1.807, 2.05) is 30.0 Å². The molecule has 0 bridgehead atoms. The van der Waals surface area contributed by atoms with Gasteiger partial charge in [-0.2, -0.15) is 5.10 Å². The van der Waals surface area contributed by atoms with Gasteiger partial charge in [0.05, 0.1) is 25.1 Å². The Kier molecular flexibility index (Phi) is 5.91. The first-order valence-corrected chi connectivity index (χ1v) is 11.4. The number of hydrogen-bond donors (Lipinski definition) is 2. The fourth-order valence-electron chi connectivity index (χ4n) is 4.76. The van der Waals surface area contributed by atoms with Crippen molar-refractivity contribution < 1.29 is 24.2 Å². The molecule has 35 heavy (non-hydrogen) atoms. The molecule has 1 atom stereocenters. The molecule has 2 aliphatic rings. The third kappa shape index (κ3) is 4.00. The minimum absolute atomic E-state index is 0.0721. The molecule has 0 aliphatic carbocycles. The Morgan fingerprint density at radius 3 is 2.57 bits per heavy atom. The zero-order valence-corrected chi connectivity index (χ0v) is 19.6. The number of aliphatic hydroxyl groups is 1. The van der Waals surface area contributed by atoms with Crippen molar-refractivity contribution in [3.05, 3.63) is 65.0 Å². The van der Waals surface area contributed by atoms with Crippen LogP contribution in [-0.4, -0.2) is 60.1 Å². The number of ether oxygens (including phenoxy) is 2. The standard InChI is InChI=1S/C25H27N5O5/c1-15-13-17(5-8-20(15)29-11-12-35-14-21(29)31)28-10-9-19-22(24(26)32)27-30(23(19)25(28)33)16-3-6-18(34-2)7-4-16/h3-8,13,25,33H,9-12,14H2,1-2H3,(H2,26,32). The SMILES string of the molecule is COc1ccc(-n2nc(C(N)=O)c3c2C(O)N(c2ccc(N4CCOCC4=O)c(C)c2)CC3)cc1. The van der Waals surface area contributed by atoms with Gasteiger partial charge in [-0.15, -0.1) is 0 Å². The summed E-state index contributed by atoms with van der Waals surface area (Å²) in [4.78, 5) is 28.0. The van der Waals surface area contributed by atoms with Gasteiger partial charge in [0, 0.05) is 30.0 Å². The molecule has 0 spiro atoms. The number of carbonyl (C=O) groups excluding carboxylic acids is 2. The molecule has 1 fully saturated rings. The summed E-state index contributed by atoms with van der Waals surface area (Å²) in [6, 6.07) is 12.9. The minimum Gasteiger partial charge on any atom is -0.497 e. The third-order valence-electron chi connectivity index (χ3n) is 6.50. The zero-order chi connectivity index (χ0) is 24.7. The number of aliphatic hydroxyl groups excluding tert-OH is 1. The number of primary amides is 1. The van der Waals surface area contributed by atoms with Gasteiger partial charge in [-0.05, 0) is 61.4 Å². The Morgan fingerprint density at radius 1 is 1.17 bits per heavy atom. The highest BCUT2D eigenvalue weighted by atomic mass is 16.5. The van der Waals surface area contributed by atoms with E-state index in [0.717, 1.165) is 16.9 Å². The summed E-state index contributed by atoms with van der Waals surface area (Å²) in [5, 5.41) is 15.9.